The molecular weight excluding hydrogens is 560 g/mol. The van der Waals surface area contributed by atoms with E-state index in [1.54, 1.807) is 6.07 Å². The molecule has 0 radical (unpaired) electrons. The van der Waals surface area contributed by atoms with Gasteiger partial charge >= 0.3 is 0 Å². The van der Waals surface area contributed by atoms with Gasteiger partial charge in [-0.25, -0.2) is 14.7 Å². The SMILES string of the molecule is Cc1cccc(C)c1-c1cc2nc(n1)NS(=O)(=O)c1cccc(n1)C(C1CCC(C(C)(C)O)CC1)[C@H](CC(C)(C)C)CO2. The van der Waals surface area contributed by atoms with Crippen molar-refractivity contribution in [2.75, 3.05) is 11.3 Å². The van der Waals surface area contributed by atoms with Crippen LogP contribution in [-0.2, 0) is 10.0 Å². The van der Waals surface area contributed by atoms with Gasteiger partial charge < -0.3 is 9.84 Å². The number of benzene rings is 1. The number of hydrogen-bond donors (Lipinski definition) is 2. The number of hydrogen-bond acceptors (Lipinski definition) is 7. The molecule has 2 atom stereocenters. The number of nitrogens with zero attached hydrogens (tertiary/aromatic N) is 3. The van der Waals surface area contributed by atoms with Crippen molar-refractivity contribution >= 4 is 16.0 Å². The van der Waals surface area contributed by atoms with Crippen molar-refractivity contribution in [1.82, 2.24) is 15.0 Å². The van der Waals surface area contributed by atoms with E-state index in [-0.39, 0.29) is 40.1 Å². The molecule has 2 aliphatic rings. The molecule has 9 heteroatoms. The summed E-state index contributed by atoms with van der Waals surface area (Å²) in [7, 11) is -4.08. The highest BCUT2D eigenvalue weighted by atomic mass is 32.2. The summed E-state index contributed by atoms with van der Waals surface area (Å²) in [6.07, 6.45) is 4.57. The minimum atomic E-state index is -4.08. The lowest BCUT2D eigenvalue weighted by Gasteiger charge is -2.42. The number of fused-ring (bicyclic) bond motifs is 4. The minimum Gasteiger partial charge on any atom is -0.477 e. The van der Waals surface area contributed by atoms with Crippen LogP contribution in [0.2, 0.25) is 0 Å². The van der Waals surface area contributed by atoms with Gasteiger partial charge in [0.15, 0.2) is 5.03 Å². The van der Waals surface area contributed by atoms with Crippen LogP contribution in [0.25, 0.3) is 11.3 Å². The van der Waals surface area contributed by atoms with Crippen molar-refractivity contribution in [3.8, 4) is 17.1 Å². The van der Waals surface area contributed by atoms with Crippen LogP contribution in [0.4, 0.5) is 5.95 Å². The Bertz CT molecular complexity index is 1550. The zero-order valence-electron chi connectivity index (χ0n) is 26.5. The molecular formula is C34H46N4O4S. The zero-order chi connectivity index (χ0) is 31.2. The smallest absolute Gasteiger partial charge is 0.281 e. The van der Waals surface area contributed by atoms with Crippen molar-refractivity contribution in [2.45, 2.75) is 97.1 Å². The van der Waals surface area contributed by atoms with Crippen LogP contribution in [0.5, 0.6) is 5.88 Å². The van der Waals surface area contributed by atoms with Gasteiger partial charge in [-0.15, -0.1) is 0 Å². The molecule has 1 aromatic carbocycles. The summed E-state index contributed by atoms with van der Waals surface area (Å²) in [5.74, 6) is 0.850. The number of anilines is 1. The molecule has 0 saturated heterocycles. The van der Waals surface area contributed by atoms with Gasteiger partial charge in [-0.2, -0.15) is 13.4 Å². The van der Waals surface area contributed by atoms with Crippen LogP contribution in [-0.4, -0.2) is 40.7 Å². The van der Waals surface area contributed by atoms with E-state index in [2.05, 4.69) is 35.5 Å². The van der Waals surface area contributed by atoms with Crippen LogP contribution in [0.3, 0.4) is 0 Å². The monoisotopic (exact) mass is 606 g/mol. The third-order valence-electron chi connectivity index (χ3n) is 9.13. The molecule has 0 amide bonds. The second-order valence-electron chi connectivity index (χ2n) is 14.3. The molecule has 1 saturated carbocycles. The van der Waals surface area contributed by atoms with Gasteiger partial charge in [-0.1, -0.05) is 45.0 Å². The molecule has 43 heavy (non-hydrogen) atoms. The predicted molar refractivity (Wildman–Crippen MR) is 170 cm³/mol. The number of aliphatic hydroxyl groups is 1. The Labute approximate surface area is 256 Å². The zero-order valence-corrected chi connectivity index (χ0v) is 27.3. The molecule has 8 nitrogen and oxygen atoms in total. The standard InChI is InChI=1S/C34H46N4O4S/c1-21-10-8-11-22(2)30(21)27-18-28-37-32(36-27)38-43(40,41)29-13-9-12-26(35-29)31(24(20-42-28)19-33(3,4)5)23-14-16-25(17-15-23)34(6,7)39/h8-13,18,23-25,31,39H,14-17,19-20H2,1-7H3,(H,36,37,38)/t23?,24-,25?,31?/m1/s1. The van der Waals surface area contributed by atoms with Crippen molar-refractivity contribution < 1.29 is 18.3 Å². The van der Waals surface area contributed by atoms with Crippen molar-refractivity contribution in [1.29, 1.82) is 0 Å². The van der Waals surface area contributed by atoms with Crippen LogP contribution in [0.1, 0.15) is 89.5 Å². The van der Waals surface area contributed by atoms with Crippen molar-refractivity contribution in [3.05, 3.63) is 59.3 Å². The van der Waals surface area contributed by atoms with Gasteiger partial charge in [0.25, 0.3) is 10.0 Å². The van der Waals surface area contributed by atoms with Crippen LogP contribution in [0, 0.1) is 37.0 Å². The van der Waals surface area contributed by atoms with Crippen LogP contribution in [0.15, 0.2) is 47.5 Å². The molecule has 1 unspecified atom stereocenters. The Morgan fingerprint density at radius 1 is 0.930 bits per heavy atom. The van der Waals surface area contributed by atoms with Crippen molar-refractivity contribution in [2.24, 2.45) is 23.2 Å². The lowest BCUT2D eigenvalue weighted by atomic mass is 9.65. The molecule has 1 aliphatic carbocycles. The number of sulfonamides is 1. The van der Waals surface area contributed by atoms with E-state index in [0.29, 0.717) is 18.2 Å². The molecule has 3 aromatic rings. The number of pyridine rings is 1. The van der Waals surface area contributed by atoms with E-state index in [9.17, 15) is 13.5 Å². The topological polar surface area (TPSA) is 114 Å². The van der Waals surface area contributed by atoms with Crippen molar-refractivity contribution in [3.63, 3.8) is 0 Å². The van der Waals surface area contributed by atoms with Gasteiger partial charge in [-0.05, 0) is 100 Å². The molecule has 2 aromatic heterocycles. The van der Waals surface area contributed by atoms with E-state index < -0.39 is 15.6 Å². The Morgan fingerprint density at radius 3 is 2.21 bits per heavy atom. The lowest BCUT2D eigenvalue weighted by Crippen LogP contribution is -2.37. The van der Waals surface area contributed by atoms with Gasteiger partial charge in [0, 0.05) is 29.2 Å². The molecule has 232 valence electrons. The molecule has 0 spiro atoms. The largest absolute Gasteiger partial charge is 0.477 e. The predicted octanol–water partition coefficient (Wildman–Crippen LogP) is 7.06. The number of aromatic nitrogens is 3. The minimum absolute atomic E-state index is 0.000859. The average molecular weight is 607 g/mol. The third-order valence-corrected chi connectivity index (χ3v) is 10.4. The fourth-order valence-electron chi connectivity index (χ4n) is 7.15. The summed E-state index contributed by atoms with van der Waals surface area (Å²) in [6, 6.07) is 13.1. The second kappa shape index (κ2) is 11.8. The molecule has 5 rings (SSSR count). The van der Waals surface area contributed by atoms with E-state index in [0.717, 1.165) is 54.5 Å². The van der Waals surface area contributed by atoms with Gasteiger partial charge in [0.2, 0.25) is 11.8 Å². The highest BCUT2D eigenvalue weighted by Crippen LogP contribution is 2.47. The summed E-state index contributed by atoms with van der Waals surface area (Å²) in [4.78, 5) is 13.9. The highest BCUT2D eigenvalue weighted by molar-refractivity contribution is 7.92. The van der Waals surface area contributed by atoms with E-state index in [1.165, 1.54) is 6.07 Å². The highest BCUT2D eigenvalue weighted by Gasteiger charge is 2.40. The van der Waals surface area contributed by atoms with Gasteiger partial charge in [0.1, 0.15) is 0 Å². The number of aryl methyl sites for hydroxylation is 2. The molecule has 3 heterocycles. The summed E-state index contributed by atoms with van der Waals surface area (Å²) in [5, 5.41) is 10.7. The Balaban J connectivity index is 1.62. The van der Waals surface area contributed by atoms with Gasteiger partial charge in [-0.3, -0.25) is 0 Å². The Morgan fingerprint density at radius 2 is 1.58 bits per heavy atom. The Kier molecular flexibility index (Phi) is 8.62. The molecule has 4 bridgehead atoms. The van der Waals surface area contributed by atoms with Crippen LogP contribution < -0.4 is 9.46 Å². The number of nitrogens with one attached hydrogen (secondary N) is 1. The first-order valence-electron chi connectivity index (χ1n) is 15.4. The maximum Gasteiger partial charge on any atom is 0.281 e. The number of rotatable bonds is 4. The first-order chi connectivity index (χ1) is 20.1. The number of ether oxygens (including phenoxy) is 1. The molecule has 2 N–H and O–H groups in total. The summed E-state index contributed by atoms with van der Waals surface area (Å²) in [6.45, 7) is 14.9. The summed E-state index contributed by atoms with van der Waals surface area (Å²) in [5.41, 5.74) is 3.64. The molecule has 1 aliphatic heterocycles. The third kappa shape index (κ3) is 7.20. The quantitative estimate of drug-likeness (QED) is 0.327. The first kappa shape index (κ1) is 31.4. The average Bonchev–Trinajstić information content (AvgIpc) is 2.90. The van der Waals surface area contributed by atoms with Gasteiger partial charge in [0.05, 0.1) is 17.9 Å². The summed E-state index contributed by atoms with van der Waals surface area (Å²) >= 11 is 0. The maximum absolute atomic E-state index is 13.7. The molecule has 1 fully saturated rings. The first-order valence-corrected chi connectivity index (χ1v) is 16.9. The maximum atomic E-state index is 13.7. The van der Waals surface area contributed by atoms with E-state index >= 15 is 0 Å². The summed E-state index contributed by atoms with van der Waals surface area (Å²) < 4.78 is 36.5. The second-order valence-corrected chi connectivity index (χ2v) is 15.9. The van der Waals surface area contributed by atoms with E-state index in [4.69, 9.17) is 9.72 Å². The van der Waals surface area contributed by atoms with Crippen LogP contribution >= 0.6 is 0 Å². The fraction of sp³-hybridized carbons (Fsp3) is 0.559. The fourth-order valence-corrected chi connectivity index (χ4v) is 8.07. The lowest BCUT2D eigenvalue weighted by molar-refractivity contribution is -0.0111. The normalized spacial score (nSPS) is 24.2. The Hall–Kier alpha value is -3.04. The van der Waals surface area contributed by atoms with E-state index in [1.807, 2.05) is 58.0 Å².